The first-order valence-electron chi connectivity index (χ1n) is 9.80. The average molecular weight is 367 g/mol. The minimum absolute atomic E-state index is 0.140. The second-order valence-electron chi connectivity index (χ2n) is 8.24. The van der Waals surface area contributed by atoms with E-state index in [9.17, 15) is 4.79 Å². The van der Waals surface area contributed by atoms with Crippen LogP contribution in [0.3, 0.4) is 0 Å². The molecule has 6 heteroatoms. The quantitative estimate of drug-likeness (QED) is 0.838. The molecule has 2 atom stereocenters. The normalized spacial score (nSPS) is 22.7. The fraction of sp³-hybridized carbons (Fsp3) is 0.524. The number of carbonyl (C=O) groups excluding carboxylic acids is 1. The number of amides is 2. The van der Waals surface area contributed by atoms with Crippen molar-refractivity contribution in [1.82, 2.24) is 24.5 Å². The Morgan fingerprint density at radius 2 is 2.07 bits per heavy atom. The topological polar surface area (TPSA) is 44.6 Å². The number of benzene rings is 1. The van der Waals surface area contributed by atoms with Crippen LogP contribution in [0.4, 0.5) is 4.79 Å². The summed E-state index contributed by atoms with van der Waals surface area (Å²) in [5, 5.41) is 4.56. The van der Waals surface area contributed by atoms with Crippen molar-refractivity contribution in [2.24, 2.45) is 5.92 Å². The molecule has 0 spiro atoms. The average Bonchev–Trinajstić information content (AvgIpc) is 2.92. The second kappa shape index (κ2) is 7.35. The van der Waals surface area contributed by atoms with Crippen LogP contribution in [-0.4, -0.2) is 70.3 Å². The van der Waals surface area contributed by atoms with Crippen molar-refractivity contribution < 1.29 is 4.79 Å². The van der Waals surface area contributed by atoms with Crippen LogP contribution in [0.1, 0.15) is 24.0 Å². The van der Waals surface area contributed by atoms with E-state index in [0.717, 1.165) is 31.9 Å². The van der Waals surface area contributed by atoms with E-state index in [-0.39, 0.29) is 6.03 Å². The van der Waals surface area contributed by atoms with Gasteiger partial charge in [-0.2, -0.15) is 5.10 Å². The van der Waals surface area contributed by atoms with Crippen LogP contribution in [0.25, 0.3) is 5.69 Å². The lowest BCUT2D eigenvalue weighted by atomic mass is 9.95. The highest BCUT2D eigenvalue weighted by Crippen LogP contribution is 2.29. The molecule has 3 aliphatic rings. The molecule has 1 aromatic carbocycles. The molecule has 0 radical (unpaired) electrons. The number of rotatable bonds is 3. The first-order valence-corrected chi connectivity index (χ1v) is 9.80. The second-order valence-corrected chi connectivity index (χ2v) is 8.24. The van der Waals surface area contributed by atoms with E-state index in [1.165, 1.54) is 24.0 Å². The molecule has 5 rings (SSSR count). The first-order chi connectivity index (χ1) is 13.0. The minimum Gasteiger partial charge on any atom is -0.331 e. The van der Waals surface area contributed by atoms with Gasteiger partial charge in [0.25, 0.3) is 0 Å². The maximum atomic E-state index is 12.4. The molecule has 0 aliphatic carbocycles. The summed E-state index contributed by atoms with van der Waals surface area (Å²) in [4.78, 5) is 18.7. The summed E-state index contributed by atoms with van der Waals surface area (Å²) in [5.41, 5.74) is 3.57. The van der Waals surface area contributed by atoms with E-state index in [1.54, 1.807) is 4.90 Å². The van der Waals surface area contributed by atoms with Gasteiger partial charge in [-0.15, -0.1) is 0 Å². The van der Waals surface area contributed by atoms with Crippen LogP contribution in [0.2, 0.25) is 0 Å². The van der Waals surface area contributed by atoms with Gasteiger partial charge < -0.3 is 9.80 Å². The molecule has 2 aromatic rings. The Balaban J connectivity index is 1.47. The number of aryl methyl sites for hydroxylation is 1. The Bertz CT molecular complexity index is 814. The third kappa shape index (κ3) is 3.86. The molecule has 3 aliphatic heterocycles. The van der Waals surface area contributed by atoms with Crippen molar-refractivity contribution >= 4 is 6.03 Å². The van der Waals surface area contributed by atoms with Gasteiger partial charge in [0.2, 0.25) is 0 Å². The Morgan fingerprint density at radius 1 is 1.22 bits per heavy atom. The van der Waals surface area contributed by atoms with E-state index in [0.29, 0.717) is 12.0 Å². The van der Waals surface area contributed by atoms with Crippen molar-refractivity contribution in [3.63, 3.8) is 0 Å². The molecule has 27 heavy (non-hydrogen) atoms. The predicted molar refractivity (Wildman–Crippen MR) is 106 cm³/mol. The number of aromatic nitrogens is 2. The molecule has 4 heterocycles. The number of nitrogens with zero attached hydrogens (tertiary/aromatic N) is 5. The Hall–Kier alpha value is -2.34. The Morgan fingerprint density at radius 3 is 2.85 bits per heavy atom. The summed E-state index contributed by atoms with van der Waals surface area (Å²) < 4.78 is 1.96. The maximum absolute atomic E-state index is 12.4. The molecule has 3 fully saturated rings. The van der Waals surface area contributed by atoms with Crippen LogP contribution in [-0.2, 0) is 6.54 Å². The van der Waals surface area contributed by atoms with Crippen molar-refractivity contribution in [2.45, 2.75) is 32.4 Å². The van der Waals surface area contributed by atoms with Crippen molar-refractivity contribution in [3.8, 4) is 5.69 Å². The summed E-state index contributed by atoms with van der Waals surface area (Å²) >= 11 is 0. The standard InChI is InChI=1S/C21H29N5O/c1-16-5-4-6-19(9-16)26-14-18(10-22-26)13-24-11-17-7-8-20(24)15-25(12-17)21(27)23(2)3/h4-6,9-10,14,17,20H,7-8,11-13,15H2,1-3H3/t17-,20-/m0/s1. The summed E-state index contributed by atoms with van der Waals surface area (Å²) in [6, 6.07) is 8.98. The predicted octanol–water partition coefficient (Wildman–Crippen LogP) is 2.76. The molecule has 2 amide bonds. The van der Waals surface area contributed by atoms with Crippen molar-refractivity contribution in [1.29, 1.82) is 0 Å². The molecule has 3 saturated heterocycles. The molecule has 0 N–H and O–H groups in total. The van der Waals surface area contributed by atoms with Gasteiger partial charge in [-0.25, -0.2) is 9.48 Å². The Kier molecular flexibility index (Phi) is 4.91. The molecular formula is C21H29N5O. The SMILES string of the molecule is Cc1cccc(-n2cc(CN3C[C@@H]4CC[C@H]3CN(C(=O)N(C)C)C4)cn2)c1. The Labute approximate surface area is 161 Å². The lowest BCUT2D eigenvalue weighted by Crippen LogP contribution is -2.45. The monoisotopic (exact) mass is 367 g/mol. The summed E-state index contributed by atoms with van der Waals surface area (Å²) in [7, 11) is 3.68. The number of carbonyl (C=O) groups is 1. The molecule has 2 bridgehead atoms. The van der Waals surface area contributed by atoms with Crippen molar-refractivity contribution in [2.75, 3.05) is 33.7 Å². The zero-order valence-corrected chi connectivity index (χ0v) is 16.5. The smallest absolute Gasteiger partial charge is 0.319 e. The minimum atomic E-state index is 0.140. The fourth-order valence-corrected chi connectivity index (χ4v) is 4.40. The first kappa shape index (κ1) is 18.0. The summed E-state index contributed by atoms with van der Waals surface area (Å²) in [5.74, 6) is 0.569. The maximum Gasteiger partial charge on any atom is 0.319 e. The van der Waals surface area contributed by atoms with Crippen LogP contribution in [0.5, 0.6) is 0 Å². The molecule has 6 nitrogen and oxygen atoms in total. The van der Waals surface area contributed by atoms with Gasteiger partial charge in [0.05, 0.1) is 11.9 Å². The number of piperidine rings is 1. The van der Waals surface area contributed by atoms with Gasteiger partial charge >= 0.3 is 6.03 Å². The van der Waals surface area contributed by atoms with Gasteiger partial charge in [-0.05, 0) is 43.4 Å². The number of hydrogen-bond acceptors (Lipinski definition) is 3. The fourth-order valence-electron chi connectivity index (χ4n) is 4.40. The van der Waals surface area contributed by atoms with Gasteiger partial charge in [0, 0.05) is 58.1 Å². The van der Waals surface area contributed by atoms with E-state index in [1.807, 2.05) is 29.9 Å². The van der Waals surface area contributed by atoms with Gasteiger partial charge in [-0.1, -0.05) is 12.1 Å². The molecular weight excluding hydrogens is 338 g/mol. The van der Waals surface area contributed by atoms with E-state index in [4.69, 9.17) is 0 Å². The van der Waals surface area contributed by atoms with Crippen LogP contribution in [0.15, 0.2) is 36.7 Å². The summed E-state index contributed by atoms with van der Waals surface area (Å²) in [6.07, 6.45) is 6.51. The zero-order chi connectivity index (χ0) is 19.0. The van der Waals surface area contributed by atoms with Crippen LogP contribution >= 0.6 is 0 Å². The molecule has 144 valence electrons. The van der Waals surface area contributed by atoms with Gasteiger partial charge in [0.1, 0.15) is 0 Å². The van der Waals surface area contributed by atoms with E-state index in [2.05, 4.69) is 47.4 Å². The lowest BCUT2D eigenvalue weighted by molar-refractivity contribution is 0.123. The molecule has 0 unspecified atom stereocenters. The van der Waals surface area contributed by atoms with Crippen LogP contribution in [0, 0.1) is 12.8 Å². The third-order valence-corrected chi connectivity index (χ3v) is 5.77. The summed E-state index contributed by atoms with van der Waals surface area (Å²) in [6.45, 7) is 5.78. The number of fused-ring (bicyclic) bond motifs is 4. The largest absolute Gasteiger partial charge is 0.331 e. The number of hydrogen-bond donors (Lipinski definition) is 0. The molecule has 0 saturated carbocycles. The van der Waals surface area contributed by atoms with E-state index < -0.39 is 0 Å². The molecule has 1 aromatic heterocycles. The van der Waals surface area contributed by atoms with Crippen LogP contribution < -0.4 is 0 Å². The van der Waals surface area contributed by atoms with Gasteiger partial charge in [-0.3, -0.25) is 4.90 Å². The number of urea groups is 1. The third-order valence-electron chi connectivity index (χ3n) is 5.77. The lowest BCUT2D eigenvalue weighted by Gasteiger charge is -2.35. The van der Waals surface area contributed by atoms with E-state index >= 15 is 0 Å². The highest BCUT2D eigenvalue weighted by Gasteiger charge is 2.36. The highest BCUT2D eigenvalue weighted by molar-refractivity contribution is 5.74. The highest BCUT2D eigenvalue weighted by atomic mass is 16.2. The zero-order valence-electron chi connectivity index (χ0n) is 16.5. The van der Waals surface area contributed by atoms with Crippen molar-refractivity contribution in [3.05, 3.63) is 47.8 Å². The van der Waals surface area contributed by atoms with Gasteiger partial charge in [0.15, 0.2) is 0 Å².